The van der Waals surface area contributed by atoms with Crippen molar-refractivity contribution in [1.29, 1.82) is 0 Å². The number of sulfonamides is 1. The first-order valence-electron chi connectivity index (χ1n) is 7.09. The summed E-state index contributed by atoms with van der Waals surface area (Å²) in [7, 11) is -3.53. The third-order valence-corrected chi connectivity index (χ3v) is 5.54. The van der Waals surface area contributed by atoms with E-state index in [1.165, 1.54) is 0 Å². The lowest BCUT2D eigenvalue weighted by molar-refractivity contribution is 0.300. The van der Waals surface area contributed by atoms with Gasteiger partial charge in [-0.25, -0.2) is 13.1 Å². The van der Waals surface area contributed by atoms with E-state index in [2.05, 4.69) is 39.4 Å². The largest absolute Gasteiger partial charge is 0.398 e. The predicted octanol–water partition coefficient (Wildman–Crippen LogP) is 2.35. The second kappa shape index (κ2) is 8.12. The molecule has 1 aromatic carbocycles. The van der Waals surface area contributed by atoms with Gasteiger partial charge in [-0.1, -0.05) is 29.8 Å². The normalized spacial score (nSPS) is 12.0. The van der Waals surface area contributed by atoms with Crippen molar-refractivity contribution >= 4 is 31.6 Å². The Labute approximate surface area is 136 Å². The van der Waals surface area contributed by atoms with Crippen LogP contribution in [-0.4, -0.2) is 39.5 Å². The Hall–Kier alpha value is -0.630. The number of nitrogen functional groups attached to an aromatic ring is 1. The van der Waals surface area contributed by atoms with Crippen LogP contribution < -0.4 is 10.5 Å². The maximum atomic E-state index is 12.3. The zero-order valence-electron chi connectivity index (χ0n) is 12.8. The van der Waals surface area contributed by atoms with E-state index in [4.69, 9.17) is 5.73 Å². The molecule has 120 valence electrons. The minimum atomic E-state index is -3.53. The average molecular weight is 378 g/mol. The van der Waals surface area contributed by atoms with E-state index in [1.807, 2.05) is 0 Å². The minimum Gasteiger partial charge on any atom is -0.398 e. The van der Waals surface area contributed by atoms with Crippen LogP contribution in [0.5, 0.6) is 0 Å². The molecule has 0 aromatic heterocycles. The lowest BCUT2D eigenvalue weighted by Crippen LogP contribution is -2.30. The van der Waals surface area contributed by atoms with Crippen LogP contribution in [0.3, 0.4) is 0 Å². The number of halogens is 1. The van der Waals surface area contributed by atoms with Gasteiger partial charge in [-0.3, -0.25) is 0 Å². The van der Waals surface area contributed by atoms with Gasteiger partial charge in [0.1, 0.15) is 0 Å². The number of nitrogens with zero attached hydrogens (tertiary/aromatic N) is 1. The second-order valence-electron chi connectivity index (χ2n) is 4.90. The van der Waals surface area contributed by atoms with Gasteiger partial charge in [0.2, 0.25) is 10.0 Å². The highest BCUT2D eigenvalue weighted by molar-refractivity contribution is 9.10. The number of hydrogen-bond donors (Lipinski definition) is 2. The second-order valence-corrected chi connectivity index (χ2v) is 7.55. The summed E-state index contributed by atoms with van der Waals surface area (Å²) >= 11 is 3.28. The molecule has 0 spiro atoms. The molecule has 0 saturated heterocycles. The van der Waals surface area contributed by atoms with E-state index in [0.29, 0.717) is 22.3 Å². The zero-order chi connectivity index (χ0) is 16.0. The Morgan fingerprint density at radius 3 is 2.48 bits per heavy atom. The molecule has 21 heavy (non-hydrogen) atoms. The van der Waals surface area contributed by atoms with E-state index in [9.17, 15) is 8.42 Å². The van der Waals surface area contributed by atoms with Crippen molar-refractivity contribution in [2.24, 2.45) is 0 Å². The van der Waals surface area contributed by atoms with Crippen LogP contribution in [0.15, 0.2) is 21.5 Å². The molecular weight excluding hydrogens is 354 g/mol. The van der Waals surface area contributed by atoms with Crippen LogP contribution in [0, 0.1) is 6.92 Å². The third-order valence-electron chi connectivity index (χ3n) is 3.49. The highest BCUT2D eigenvalue weighted by Gasteiger charge is 2.18. The topological polar surface area (TPSA) is 75.4 Å². The fourth-order valence-electron chi connectivity index (χ4n) is 2.08. The highest BCUT2D eigenvalue weighted by Crippen LogP contribution is 2.26. The number of anilines is 1. The number of nitrogens with one attached hydrogen (secondary N) is 1. The van der Waals surface area contributed by atoms with Gasteiger partial charge in [-0.15, -0.1) is 0 Å². The molecule has 0 aliphatic heterocycles. The van der Waals surface area contributed by atoms with E-state index in [0.717, 1.165) is 26.1 Å². The summed E-state index contributed by atoms with van der Waals surface area (Å²) in [5.74, 6) is 0. The predicted molar refractivity (Wildman–Crippen MR) is 90.9 cm³/mol. The van der Waals surface area contributed by atoms with Crippen LogP contribution in [0.25, 0.3) is 0 Å². The molecule has 5 nitrogen and oxygen atoms in total. The lowest BCUT2D eigenvalue weighted by atomic mass is 10.2. The van der Waals surface area contributed by atoms with Crippen molar-refractivity contribution < 1.29 is 8.42 Å². The Morgan fingerprint density at radius 1 is 1.29 bits per heavy atom. The van der Waals surface area contributed by atoms with Crippen molar-refractivity contribution in [3.05, 3.63) is 22.2 Å². The van der Waals surface area contributed by atoms with Crippen LogP contribution in [0.1, 0.15) is 25.8 Å². The van der Waals surface area contributed by atoms with Gasteiger partial charge in [0, 0.05) is 16.7 Å². The van der Waals surface area contributed by atoms with E-state index in [-0.39, 0.29) is 4.90 Å². The summed E-state index contributed by atoms with van der Waals surface area (Å²) < 4.78 is 28.0. The summed E-state index contributed by atoms with van der Waals surface area (Å²) in [5, 5.41) is 0. The van der Waals surface area contributed by atoms with E-state index < -0.39 is 10.0 Å². The lowest BCUT2D eigenvalue weighted by Gasteiger charge is -2.18. The monoisotopic (exact) mass is 377 g/mol. The molecule has 3 N–H and O–H groups in total. The van der Waals surface area contributed by atoms with Gasteiger partial charge in [-0.05, 0) is 50.7 Å². The maximum absolute atomic E-state index is 12.3. The first-order chi connectivity index (χ1) is 9.81. The Kier molecular flexibility index (Phi) is 7.12. The van der Waals surface area contributed by atoms with Crippen molar-refractivity contribution in [3.8, 4) is 0 Å². The Balaban J connectivity index is 2.71. The van der Waals surface area contributed by atoms with Crippen LogP contribution in [-0.2, 0) is 10.0 Å². The molecule has 0 heterocycles. The molecule has 0 unspecified atom stereocenters. The first kappa shape index (κ1) is 18.4. The molecule has 0 atom stereocenters. The van der Waals surface area contributed by atoms with Crippen molar-refractivity contribution in [1.82, 2.24) is 9.62 Å². The highest BCUT2D eigenvalue weighted by atomic mass is 79.9. The van der Waals surface area contributed by atoms with Gasteiger partial charge < -0.3 is 10.6 Å². The van der Waals surface area contributed by atoms with Gasteiger partial charge in [0.05, 0.1) is 4.90 Å². The fraction of sp³-hybridized carbons (Fsp3) is 0.571. The molecule has 0 aliphatic carbocycles. The maximum Gasteiger partial charge on any atom is 0.240 e. The standard InChI is InChI=1S/C14H24BrN3O2S/c1-4-18(5-2)8-6-7-17-21(19,20)14-10-12(15)9-13(16)11(14)3/h9-10,17H,4-8,16H2,1-3H3. The van der Waals surface area contributed by atoms with Crippen molar-refractivity contribution in [2.45, 2.75) is 32.1 Å². The molecule has 7 heteroatoms. The molecule has 0 fully saturated rings. The summed E-state index contributed by atoms with van der Waals surface area (Å²) in [6, 6.07) is 3.28. The minimum absolute atomic E-state index is 0.234. The molecule has 1 aromatic rings. The molecule has 0 amide bonds. The van der Waals surface area contributed by atoms with Gasteiger partial charge >= 0.3 is 0 Å². The molecule has 0 bridgehead atoms. The van der Waals surface area contributed by atoms with Crippen LogP contribution in [0.2, 0.25) is 0 Å². The van der Waals surface area contributed by atoms with Crippen LogP contribution >= 0.6 is 15.9 Å². The zero-order valence-corrected chi connectivity index (χ0v) is 15.2. The smallest absolute Gasteiger partial charge is 0.240 e. The van der Waals surface area contributed by atoms with E-state index in [1.54, 1.807) is 19.1 Å². The molecule has 0 radical (unpaired) electrons. The summed E-state index contributed by atoms with van der Waals surface area (Å²) in [6.45, 7) is 9.17. The first-order valence-corrected chi connectivity index (χ1v) is 9.37. The van der Waals surface area contributed by atoms with Crippen molar-refractivity contribution in [3.63, 3.8) is 0 Å². The molecule has 0 aliphatic rings. The molecule has 0 saturated carbocycles. The number of nitrogens with two attached hydrogens (primary N) is 1. The van der Waals surface area contributed by atoms with Crippen LogP contribution in [0.4, 0.5) is 5.69 Å². The van der Waals surface area contributed by atoms with Gasteiger partial charge in [-0.2, -0.15) is 0 Å². The Bertz CT molecular complexity index is 572. The average Bonchev–Trinajstić information content (AvgIpc) is 2.43. The van der Waals surface area contributed by atoms with Crippen molar-refractivity contribution in [2.75, 3.05) is 31.9 Å². The number of rotatable bonds is 8. The summed E-state index contributed by atoms with van der Waals surface area (Å²) in [6.07, 6.45) is 0.781. The van der Waals surface area contributed by atoms with E-state index >= 15 is 0 Å². The van der Waals surface area contributed by atoms with Gasteiger partial charge in [0.15, 0.2) is 0 Å². The van der Waals surface area contributed by atoms with Gasteiger partial charge in [0.25, 0.3) is 0 Å². The molecule has 1 rings (SSSR count). The third kappa shape index (κ3) is 5.25. The number of benzene rings is 1. The summed E-state index contributed by atoms with van der Waals surface area (Å²) in [5.41, 5.74) is 6.86. The number of hydrogen-bond acceptors (Lipinski definition) is 4. The Morgan fingerprint density at radius 2 is 1.90 bits per heavy atom. The molecular formula is C14H24BrN3O2S. The quantitative estimate of drug-likeness (QED) is 0.538. The summed E-state index contributed by atoms with van der Waals surface area (Å²) in [4.78, 5) is 2.49. The SMILES string of the molecule is CCN(CC)CCCNS(=O)(=O)c1cc(Br)cc(N)c1C. The fourth-order valence-corrected chi connectivity index (χ4v) is 4.08.